The van der Waals surface area contributed by atoms with Crippen LogP contribution in [0.4, 0.5) is 11.4 Å². The van der Waals surface area contributed by atoms with E-state index in [0.717, 1.165) is 62.0 Å². The molecule has 5 heteroatoms. The van der Waals surface area contributed by atoms with Crippen LogP contribution in [0, 0.1) is 0 Å². The summed E-state index contributed by atoms with van der Waals surface area (Å²) in [5, 5.41) is 0.767. The van der Waals surface area contributed by atoms with Gasteiger partial charge >= 0.3 is 0 Å². The third kappa shape index (κ3) is 3.71. The highest BCUT2D eigenvalue weighted by atomic mass is 35.5. The van der Waals surface area contributed by atoms with E-state index in [1.807, 2.05) is 29.2 Å². The Morgan fingerprint density at radius 3 is 2.58 bits per heavy atom. The summed E-state index contributed by atoms with van der Waals surface area (Å²) >= 11 is 6.10. The van der Waals surface area contributed by atoms with Gasteiger partial charge < -0.3 is 9.80 Å². The monoisotopic (exact) mass is 369 g/mol. The zero-order chi connectivity index (χ0) is 17.9. The SMILES string of the molecule is O=C(CN1CCN(c2cccc(Cl)c2)CC1)N1CCCc2ccccc21. The van der Waals surface area contributed by atoms with Crippen molar-refractivity contribution in [2.75, 3.05) is 49.1 Å². The van der Waals surface area contributed by atoms with Crippen molar-refractivity contribution >= 4 is 28.9 Å². The standard InChI is InChI=1S/C21H24ClN3O/c22-18-7-3-8-19(15-18)24-13-11-23(12-14-24)16-21(26)25-10-4-6-17-5-1-2-9-20(17)25/h1-3,5,7-9,15H,4,6,10-14,16H2. The smallest absolute Gasteiger partial charge is 0.241 e. The van der Waals surface area contributed by atoms with Gasteiger partial charge in [0.05, 0.1) is 6.54 Å². The maximum Gasteiger partial charge on any atom is 0.241 e. The number of carbonyl (C=O) groups excluding carboxylic acids is 1. The number of hydrogen-bond acceptors (Lipinski definition) is 3. The maximum atomic E-state index is 12.9. The molecule has 26 heavy (non-hydrogen) atoms. The molecule has 1 fully saturated rings. The molecule has 0 aliphatic carbocycles. The predicted molar refractivity (Wildman–Crippen MR) is 107 cm³/mol. The van der Waals surface area contributed by atoms with Crippen LogP contribution < -0.4 is 9.80 Å². The zero-order valence-electron chi connectivity index (χ0n) is 14.9. The van der Waals surface area contributed by atoms with Gasteiger partial charge in [-0.15, -0.1) is 0 Å². The number of rotatable bonds is 3. The first-order valence-electron chi connectivity index (χ1n) is 9.32. The van der Waals surface area contributed by atoms with E-state index in [1.165, 1.54) is 5.56 Å². The minimum atomic E-state index is 0.216. The van der Waals surface area contributed by atoms with Crippen molar-refractivity contribution in [2.45, 2.75) is 12.8 Å². The molecule has 2 aliphatic rings. The van der Waals surface area contributed by atoms with E-state index in [4.69, 9.17) is 11.6 Å². The van der Waals surface area contributed by atoms with Crippen LogP contribution >= 0.6 is 11.6 Å². The molecule has 0 atom stereocenters. The van der Waals surface area contributed by atoms with Gasteiger partial charge in [-0.3, -0.25) is 9.69 Å². The molecule has 2 aromatic carbocycles. The van der Waals surface area contributed by atoms with Crippen molar-refractivity contribution in [1.29, 1.82) is 0 Å². The number of benzene rings is 2. The Labute approximate surface area is 160 Å². The summed E-state index contributed by atoms with van der Waals surface area (Å²) in [6.45, 7) is 4.96. The molecule has 0 spiro atoms. The molecule has 0 radical (unpaired) electrons. The molecular formula is C21H24ClN3O. The first-order chi connectivity index (χ1) is 12.7. The molecule has 0 aromatic heterocycles. The summed E-state index contributed by atoms with van der Waals surface area (Å²) in [4.78, 5) is 19.5. The summed E-state index contributed by atoms with van der Waals surface area (Å²) in [6, 6.07) is 16.3. The fourth-order valence-electron chi connectivity index (χ4n) is 3.91. The highest BCUT2D eigenvalue weighted by Gasteiger charge is 2.25. The number of fused-ring (bicyclic) bond motifs is 1. The Morgan fingerprint density at radius 1 is 0.962 bits per heavy atom. The van der Waals surface area contributed by atoms with Crippen LogP contribution in [0.25, 0.3) is 0 Å². The number of amides is 1. The Bertz CT molecular complexity index is 786. The van der Waals surface area contributed by atoms with E-state index in [-0.39, 0.29) is 5.91 Å². The highest BCUT2D eigenvalue weighted by Crippen LogP contribution is 2.27. The predicted octanol–water partition coefficient (Wildman–Crippen LogP) is 3.44. The van der Waals surface area contributed by atoms with Crippen LogP contribution in [-0.2, 0) is 11.2 Å². The topological polar surface area (TPSA) is 26.8 Å². The van der Waals surface area contributed by atoms with E-state index in [1.54, 1.807) is 0 Å². The highest BCUT2D eigenvalue weighted by molar-refractivity contribution is 6.30. The molecule has 0 unspecified atom stereocenters. The van der Waals surface area contributed by atoms with Crippen molar-refractivity contribution < 1.29 is 4.79 Å². The maximum absolute atomic E-state index is 12.9. The Hall–Kier alpha value is -2.04. The summed E-state index contributed by atoms with van der Waals surface area (Å²) in [5.74, 6) is 0.216. The van der Waals surface area contributed by atoms with Crippen molar-refractivity contribution in [1.82, 2.24) is 4.90 Å². The molecule has 2 aliphatic heterocycles. The molecule has 0 bridgehead atoms. The molecule has 4 nitrogen and oxygen atoms in total. The van der Waals surface area contributed by atoms with Crippen molar-refractivity contribution in [3.05, 3.63) is 59.1 Å². The quantitative estimate of drug-likeness (QED) is 0.829. The van der Waals surface area contributed by atoms with Gasteiger partial charge in [0.1, 0.15) is 0 Å². The lowest BCUT2D eigenvalue weighted by Gasteiger charge is -2.37. The van der Waals surface area contributed by atoms with Crippen molar-refractivity contribution in [3.63, 3.8) is 0 Å². The number of para-hydroxylation sites is 1. The third-order valence-corrected chi connectivity index (χ3v) is 5.55. The second-order valence-electron chi connectivity index (χ2n) is 7.02. The second kappa shape index (κ2) is 7.68. The van der Waals surface area contributed by atoms with Crippen LogP contribution in [0.2, 0.25) is 5.02 Å². The summed E-state index contributed by atoms with van der Waals surface area (Å²) in [7, 11) is 0. The van der Waals surface area contributed by atoms with Gasteiger partial charge in [-0.1, -0.05) is 35.9 Å². The first-order valence-corrected chi connectivity index (χ1v) is 9.70. The number of nitrogens with zero attached hydrogens (tertiary/aromatic N) is 3. The molecule has 2 aromatic rings. The number of piperazine rings is 1. The normalized spacial score (nSPS) is 17.9. The van der Waals surface area contributed by atoms with Crippen LogP contribution in [0.5, 0.6) is 0 Å². The van der Waals surface area contributed by atoms with Gasteiger partial charge in [0, 0.05) is 49.1 Å². The van der Waals surface area contributed by atoms with Crippen LogP contribution in [0.3, 0.4) is 0 Å². The van der Waals surface area contributed by atoms with E-state index in [0.29, 0.717) is 6.54 Å². The average Bonchev–Trinajstić information content (AvgIpc) is 2.68. The number of anilines is 2. The minimum absolute atomic E-state index is 0.216. The molecule has 1 saturated heterocycles. The fourth-order valence-corrected chi connectivity index (χ4v) is 4.09. The van der Waals surface area contributed by atoms with Gasteiger partial charge in [0.2, 0.25) is 5.91 Å². The van der Waals surface area contributed by atoms with Crippen LogP contribution in [0.15, 0.2) is 48.5 Å². The van der Waals surface area contributed by atoms with Crippen LogP contribution in [-0.4, -0.2) is 50.1 Å². The minimum Gasteiger partial charge on any atom is -0.369 e. The molecule has 0 saturated carbocycles. The van der Waals surface area contributed by atoms with E-state index in [2.05, 4.69) is 34.1 Å². The Kier molecular flexibility index (Phi) is 5.14. The molecule has 136 valence electrons. The van der Waals surface area contributed by atoms with Gasteiger partial charge in [-0.05, 0) is 42.7 Å². The lowest BCUT2D eigenvalue weighted by Crippen LogP contribution is -2.50. The zero-order valence-corrected chi connectivity index (χ0v) is 15.7. The van der Waals surface area contributed by atoms with Gasteiger partial charge in [0.15, 0.2) is 0 Å². The largest absolute Gasteiger partial charge is 0.369 e. The van der Waals surface area contributed by atoms with Gasteiger partial charge in [-0.25, -0.2) is 0 Å². The summed E-state index contributed by atoms with van der Waals surface area (Å²) in [6.07, 6.45) is 2.11. The molecular weight excluding hydrogens is 346 g/mol. The first kappa shape index (κ1) is 17.4. The lowest BCUT2D eigenvalue weighted by atomic mass is 10.0. The van der Waals surface area contributed by atoms with Gasteiger partial charge in [0.25, 0.3) is 0 Å². The molecule has 0 N–H and O–H groups in total. The van der Waals surface area contributed by atoms with Crippen molar-refractivity contribution in [2.24, 2.45) is 0 Å². The molecule has 4 rings (SSSR count). The van der Waals surface area contributed by atoms with Crippen molar-refractivity contribution in [3.8, 4) is 0 Å². The number of carbonyl (C=O) groups is 1. The molecule has 1 amide bonds. The van der Waals surface area contributed by atoms with E-state index < -0.39 is 0 Å². The summed E-state index contributed by atoms with van der Waals surface area (Å²) < 4.78 is 0. The lowest BCUT2D eigenvalue weighted by molar-refractivity contribution is -0.119. The van der Waals surface area contributed by atoms with Crippen LogP contribution in [0.1, 0.15) is 12.0 Å². The average molecular weight is 370 g/mol. The Balaban J connectivity index is 1.36. The Morgan fingerprint density at radius 2 is 1.77 bits per heavy atom. The number of halogens is 1. The fraction of sp³-hybridized carbons (Fsp3) is 0.381. The summed E-state index contributed by atoms with van der Waals surface area (Å²) in [5.41, 5.74) is 3.55. The van der Waals surface area contributed by atoms with E-state index in [9.17, 15) is 4.79 Å². The molecule has 2 heterocycles. The second-order valence-corrected chi connectivity index (χ2v) is 7.46. The number of hydrogen-bond donors (Lipinski definition) is 0. The van der Waals surface area contributed by atoms with E-state index >= 15 is 0 Å². The third-order valence-electron chi connectivity index (χ3n) is 5.32. The number of aryl methyl sites for hydroxylation is 1. The van der Waals surface area contributed by atoms with Gasteiger partial charge in [-0.2, -0.15) is 0 Å².